The fourth-order valence-corrected chi connectivity index (χ4v) is 3.13. The van der Waals surface area contributed by atoms with Crippen LogP contribution in [0.25, 0.3) is 10.9 Å². The summed E-state index contributed by atoms with van der Waals surface area (Å²) in [5.41, 5.74) is 2.71. The molecule has 5 nitrogen and oxygen atoms in total. The Bertz CT molecular complexity index is 1060. The van der Waals surface area contributed by atoms with Crippen LogP contribution < -0.4 is 15.6 Å². The van der Waals surface area contributed by atoms with Crippen LogP contribution in [0.5, 0.6) is 5.75 Å². The van der Waals surface area contributed by atoms with E-state index in [2.05, 4.69) is 5.32 Å². The highest BCUT2D eigenvalue weighted by molar-refractivity contribution is 6.31. The highest BCUT2D eigenvalue weighted by atomic mass is 35.5. The number of hydrogen-bond acceptors (Lipinski definition) is 3. The lowest BCUT2D eigenvalue weighted by atomic mass is 10.1. The van der Waals surface area contributed by atoms with Gasteiger partial charge in [-0.25, -0.2) is 0 Å². The molecule has 0 spiro atoms. The molecule has 0 aliphatic carbocycles. The summed E-state index contributed by atoms with van der Waals surface area (Å²) in [6, 6.07) is 12.3. The van der Waals surface area contributed by atoms with E-state index < -0.39 is 0 Å². The smallest absolute Gasteiger partial charge is 0.251 e. The molecule has 1 aromatic heterocycles. The van der Waals surface area contributed by atoms with E-state index in [0.717, 1.165) is 16.5 Å². The lowest BCUT2D eigenvalue weighted by molar-refractivity contribution is -0.116. The molecule has 0 unspecified atom stereocenters. The number of rotatable bonds is 4. The van der Waals surface area contributed by atoms with E-state index in [9.17, 15) is 9.59 Å². The van der Waals surface area contributed by atoms with Gasteiger partial charge in [-0.2, -0.15) is 0 Å². The number of carbonyl (C=O) groups excluding carboxylic acids is 1. The first-order valence-corrected chi connectivity index (χ1v) is 8.51. The molecule has 0 atom stereocenters. The Kier molecular flexibility index (Phi) is 5.00. The molecule has 1 amide bonds. The maximum atomic E-state index is 12.6. The molecule has 3 rings (SSSR count). The number of anilines is 1. The minimum atomic E-state index is -0.312. The quantitative estimate of drug-likeness (QED) is 0.757. The molecular weight excluding hydrogens is 352 g/mol. The first kappa shape index (κ1) is 18.0. The zero-order chi connectivity index (χ0) is 18.8. The highest BCUT2D eigenvalue weighted by Crippen LogP contribution is 2.26. The van der Waals surface area contributed by atoms with Crippen LogP contribution in [0.15, 0.2) is 47.3 Å². The van der Waals surface area contributed by atoms with Crippen LogP contribution in [0.1, 0.15) is 11.1 Å². The number of aromatic nitrogens is 1. The summed E-state index contributed by atoms with van der Waals surface area (Å²) in [7, 11) is 1.54. The number of amides is 1. The summed E-state index contributed by atoms with van der Waals surface area (Å²) < 4.78 is 6.83. The van der Waals surface area contributed by atoms with Crippen LogP contribution in [-0.4, -0.2) is 17.6 Å². The van der Waals surface area contributed by atoms with Gasteiger partial charge in [-0.1, -0.05) is 29.8 Å². The number of halogens is 1. The van der Waals surface area contributed by atoms with Crippen molar-refractivity contribution in [1.29, 1.82) is 0 Å². The number of nitrogens with zero attached hydrogens (tertiary/aromatic N) is 1. The number of para-hydroxylation sites is 1. The Morgan fingerprint density at radius 3 is 2.65 bits per heavy atom. The monoisotopic (exact) mass is 370 g/mol. The number of pyridine rings is 1. The fraction of sp³-hybridized carbons (Fsp3) is 0.200. The average Bonchev–Trinajstić information content (AvgIpc) is 2.61. The lowest BCUT2D eigenvalue weighted by Gasteiger charge is -2.15. The van der Waals surface area contributed by atoms with E-state index >= 15 is 0 Å². The van der Waals surface area contributed by atoms with E-state index in [1.807, 2.05) is 32.0 Å². The second-order valence-electron chi connectivity index (χ2n) is 6.12. The van der Waals surface area contributed by atoms with Crippen LogP contribution in [0.3, 0.4) is 0 Å². The zero-order valence-electron chi connectivity index (χ0n) is 14.8. The van der Waals surface area contributed by atoms with Crippen molar-refractivity contribution in [1.82, 2.24) is 4.57 Å². The van der Waals surface area contributed by atoms with Gasteiger partial charge in [-0.15, -0.1) is 0 Å². The van der Waals surface area contributed by atoms with Gasteiger partial charge < -0.3 is 10.1 Å². The molecule has 134 valence electrons. The Morgan fingerprint density at radius 2 is 1.92 bits per heavy atom. The number of aryl methyl sites for hydroxylation is 2. The van der Waals surface area contributed by atoms with Crippen molar-refractivity contribution >= 4 is 34.1 Å². The van der Waals surface area contributed by atoms with Gasteiger partial charge in [-0.3, -0.25) is 14.2 Å². The molecule has 2 aromatic carbocycles. The fourth-order valence-electron chi connectivity index (χ4n) is 2.95. The van der Waals surface area contributed by atoms with Gasteiger partial charge in [0.1, 0.15) is 12.3 Å². The van der Waals surface area contributed by atoms with Crippen LogP contribution in [0.2, 0.25) is 5.02 Å². The van der Waals surface area contributed by atoms with Crippen molar-refractivity contribution in [3.8, 4) is 5.75 Å². The standard InChI is InChI=1S/C20H19ClN2O3/c1-12-7-8-14(21)10-16(12)22-18(24)11-23-19(25)9-13(2)15-5-4-6-17(26-3)20(15)23/h4-10H,11H2,1-3H3,(H,22,24). The molecule has 0 saturated carbocycles. The minimum Gasteiger partial charge on any atom is -0.495 e. The summed E-state index contributed by atoms with van der Waals surface area (Å²) >= 11 is 6.00. The second kappa shape index (κ2) is 7.22. The van der Waals surface area contributed by atoms with Crippen molar-refractivity contribution in [2.24, 2.45) is 0 Å². The Labute approximate surface area is 156 Å². The first-order chi connectivity index (χ1) is 12.4. The topological polar surface area (TPSA) is 60.3 Å². The molecule has 3 aromatic rings. The van der Waals surface area contributed by atoms with Gasteiger partial charge in [0.05, 0.1) is 12.6 Å². The molecule has 0 bridgehead atoms. The second-order valence-corrected chi connectivity index (χ2v) is 6.55. The average molecular weight is 371 g/mol. The van der Waals surface area contributed by atoms with Crippen molar-refractivity contribution in [2.75, 3.05) is 12.4 Å². The Morgan fingerprint density at radius 1 is 1.15 bits per heavy atom. The van der Waals surface area contributed by atoms with Gasteiger partial charge >= 0.3 is 0 Å². The number of benzene rings is 2. The molecule has 0 radical (unpaired) electrons. The van der Waals surface area contributed by atoms with Crippen molar-refractivity contribution < 1.29 is 9.53 Å². The van der Waals surface area contributed by atoms with E-state index in [1.165, 1.54) is 10.6 Å². The van der Waals surface area contributed by atoms with Gasteiger partial charge in [0.15, 0.2) is 0 Å². The predicted molar refractivity (Wildman–Crippen MR) is 104 cm³/mol. The number of ether oxygens (including phenoxy) is 1. The van der Waals surface area contributed by atoms with Crippen LogP contribution in [0.4, 0.5) is 5.69 Å². The van der Waals surface area contributed by atoms with Crippen LogP contribution >= 0.6 is 11.6 Å². The lowest BCUT2D eigenvalue weighted by Crippen LogP contribution is -2.28. The molecular formula is C20H19ClN2O3. The number of carbonyl (C=O) groups is 1. The van der Waals surface area contributed by atoms with Gasteiger partial charge in [0.25, 0.3) is 5.56 Å². The van der Waals surface area contributed by atoms with Crippen LogP contribution in [0, 0.1) is 13.8 Å². The Hall–Kier alpha value is -2.79. The van der Waals surface area contributed by atoms with Gasteiger partial charge in [0, 0.05) is 22.2 Å². The van der Waals surface area contributed by atoms with E-state index in [1.54, 1.807) is 25.3 Å². The number of nitrogens with one attached hydrogen (secondary N) is 1. The van der Waals surface area contributed by atoms with Gasteiger partial charge in [0.2, 0.25) is 5.91 Å². The highest BCUT2D eigenvalue weighted by Gasteiger charge is 2.14. The predicted octanol–water partition coefficient (Wildman–Crippen LogP) is 3.92. The molecule has 6 heteroatoms. The van der Waals surface area contributed by atoms with Crippen LogP contribution in [-0.2, 0) is 11.3 Å². The third-order valence-corrected chi connectivity index (χ3v) is 4.53. The van der Waals surface area contributed by atoms with E-state index in [4.69, 9.17) is 16.3 Å². The molecule has 0 aliphatic rings. The number of fused-ring (bicyclic) bond motifs is 1. The molecule has 0 aliphatic heterocycles. The molecule has 1 N–H and O–H groups in total. The molecule has 1 heterocycles. The zero-order valence-corrected chi connectivity index (χ0v) is 15.6. The third kappa shape index (κ3) is 3.44. The number of methoxy groups -OCH3 is 1. The summed E-state index contributed by atoms with van der Waals surface area (Å²) in [6.07, 6.45) is 0. The normalized spacial score (nSPS) is 10.8. The summed E-state index contributed by atoms with van der Waals surface area (Å²) in [6.45, 7) is 3.62. The molecule has 0 fully saturated rings. The SMILES string of the molecule is COc1cccc2c(C)cc(=O)n(CC(=O)Nc3cc(Cl)ccc3C)c12. The summed E-state index contributed by atoms with van der Waals surface area (Å²) in [5.74, 6) is 0.239. The first-order valence-electron chi connectivity index (χ1n) is 8.14. The number of hydrogen-bond donors (Lipinski definition) is 1. The summed E-state index contributed by atoms with van der Waals surface area (Å²) in [5, 5.41) is 4.22. The molecule has 0 saturated heterocycles. The van der Waals surface area contributed by atoms with E-state index in [-0.39, 0.29) is 18.0 Å². The van der Waals surface area contributed by atoms with Gasteiger partial charge in [-0.05, 0) is 43.2 Å². The van der Waals surface area contributed by atoms with Crippen molar-refractivity contribution in [3.05, 3.63) is 69.0 Å². The minimum absolute atomic E-state index is 0.123. The molecule has 26 heavy (non-hydrogen) atoms. The maximum absolute atomic E-state index is 12.6. The van der Waals surface area contributed by atoms with Crippen molar-refractivity contribution in [3.63, 3.8) is 0 Å². The van der Waals surface area contributed by atoms with Crippen molar-refractivity contribution in [2.45, 2.75) is 20.4 Å². The largest absolute Gasteiger partial charge is 0.495 e. The Balaban J connectivity index is 2.02. The summed E-state index contributed by atoms with van der Waals surface area (Å²) in [4.78, 5) is 25.1. The maximum Gasteiger partial charge on any atom is 0.251 e. The van der Waals surface area contributed by atoms with E-state index in [0.29, 0.717) is 22.0 Å². The third-order valence-electron chi connectivity index (χ3n) is 4.30.